The summed E-state index contributed by atoms with van der Waals surface area (Å²) in [7, 11) is 0. The van der Waals surface area contributed by atoms with Crippen molar-refractivity contribution in [2.24, 2.45) is 0 Å². The first-order valence-electron chi connectivity index (χ1n) is 7.03. The second kappa shape index (κ2) is 6.60. The number of halogens is 1. The van der Waals surface area contributed by atoms with Gasteiger partial charge in [0.25, 0.3) is 0 Å². The summed E-state index contributed by atoms with van der Waals surface area (Å²) in [5.74, 6) is -0.619. The van der Waals surface area contributed by atoms with Crippen LogP contribution in [-0.4, -0.2) is 11.0 Å². The van der Waals surface area contributed by atoms with Crippen LogP contribution in [0, 0.1) is 0 Å². The topological polar surface area (TPSA) is 79.5 Å². The zero-order valence-electron chi connectivity index (χ0n) is 12.3. The third-order valence-electron chi connectivity index (χ3n) is 3.34. The largest absolute Gasteiger partial charge is 0.506 e. The fourth-order valence-electron chi connectivity index (χ4n) is 2.16. The predicted octanol–water partition coefficient (Wildman–Crippen LogP) is 3.80. The molecule has 0 fully saturated rings. The predicted molar refractivity (Wildman–Crippen MR) is 93.3 cm³/mol. The van der Waals surface area contributed by atoms with Crippen molar-refractivity contribution in [2.75, 3.05) is 5.32 Å². The van der Waals surface area contributed by atoms with Crippen LogP contribution in [0.5, 0.6) is 5.75 Å². The molecule has 0 saturated heterocycles. The highest BCUT2D eigenvalue weighted by Gasteiger charge is 2.07. The standard InChI is InChI=1S/C18H12ClNO4/c19-12-6-7-15(21)14(9-12)20-17(22)8-5-11-10-24-16-4-2-1-3-13(16)18(11)23/h1-10,21H,(H,20,22)/b8-5+. The highest BCUT2D eigenvalue weighted by atomic mass is 35.5. The van der Waals surface area contributed by atoms with Crippen LogP contribution in [0.15, 0.2) is 64.0 Å². The number of anilines is 1. The second-order valence-corrected chi connectivity index (χ2v) is 5.44. The molecule has 120 valence electrons. The van der Waals surface area contributed by atoms with E-state index in [-0.39, 0.29) is 22.4 Å². The first kappa shape index (κ1) is 15.8. The zero-order valence-corrected chi connectivity index (χ0v) is 13.1. The summed E-state index contributed by atoms with van der Waals surface area (Å²) in [4.78, 5) is 24.2. The Morgan fingerprint density at radius 3 is 2.83 bits per heavy atom. The molecule has 1 aromatic heterocycles. The van der Waals surface area contributed by atoms with Gasteiger partial charge in [-0.15, -0.1) is 0 Å². The molecular formula is C18H12ClNO4. The van der Waals surface area contributed by atoms with Gasteiger partial charge in [0, 0.05) is 11.1 Å². The number of carbonyl (C=O) groups excluding carboxylic acids is 1. The van der Waals surface area contributed by atoms with E-state index in [1.165, 1.54) is 36.6 Å². The molecule has 1 heterocycles. The normalized spacial score (nSPS) is 11.0. The van der Waals surface area contributed by atoms with Crippen LogP contribution >= 0.6 is 11.6 Å². The van der Waals surface area contributed by atoms with Gasteiger partial charge in [0.2, 0.25) is 5.91 Å². The van der Waals surface area contributed by atoms with Crippen LogP contribution < -0.4 is 10.7 Å². The number of hydrogen-bond acceptors (Lipinski definition) is 4. The summed E-state index contributed by atoms with van der Waals surface area (Å²) in [6.07, 6.45) is 3.84. The molecule has 3 rings (SSSR count). The second-order valence-electron chi connectivity index (χ2n) is 5.00. The Bertz CT molecular complexity index is 1010. The fraction of sp³-hybridized carbons (Fsp3) is 0. The van der Waals surface area contributed by atoms with Gasteiger partial charge in [0.15, 0.2) is 5.43 Å². The van der Waals surface area contributed by atoms with E-state index in [9.17, 15) is 14.7 Å². The highest BCUT2D eigenvalue weighted by Crippen LogP contribution is 2.26. The van der Waals surface area contributed by atoms with Gasteiger partial charge in [-0.2, -0.15) is 0 Å². The van der Waals surface area contributed by atoms with Crippen LogP contribution in [0.25, 0.3) is 17.0 Å². The lowest BCUT2D eigenvalue weighted by atomic mass is 10.1. The zero-order chi connectivity index (χ0) is 17.1. The molecule has 24 heavy (non-hydrogen) atoms. The monoisotopic (exact) mass is 341 g/mol. The summed E-state index contributed by atoms with van der Waals surface area (Å²) in [6, 6.07) is 11.2. The first-order valence-corrected chi connectivity index (χ1v) is 7.40. The van der Waals surface area contributed by atoms with Crippen LogP contribution in [-0.2, 0) is 4.79 Å². The molecule has 0 atom stereocenters. The Balaban J connectivity index is 1.83. The quantitative estimate of drug-likeness (QED) is 0.561. The molecule has 0 bridgehead atoms. The lowest BCUT2D eigenvalue weighted by Crippen LogP contribution is -2.09. The Kier molecular flexibility index (Phi) is 4.35. The Morgan fingerprint density at radius 1 is 1.21 bits per heavy atom. The number of amides is 1. The number of benzene rings is 2. The number of nitrogens with one attached hydrogen (secondary N) is 1. The minimum Gasteiger partial charge on any atom is -0.506 e. The van der Waals surface area contributed by atoms with Crippen LogP contribution in [0.2, 0.25) is 5.02 Å². The molecule has 5 nitrogen and oxygen atoms in total. The average molecular weight is 342 g/mol. The molecule has 6 heteroatoms. The maximum Gasteiger partial charge on any atom is 0.248 e. The molecule has 0 aliphatic heterocycles. The van der Waals surface area contributed by atoms with Gasteiger partial charge in [0.1, 0.15) is 17.6 Å². The van der Waals surface area contributed by atoms with E-state index in [0.29, 0.717) is 16.0 Å². The minimum absolute atomic E-state index is 0.105. The number of rotatable bonds is 3. The van der Waals surface area contributed by atoms with Crippen molar-refractivity contribution in [3.8, 4) is 5.75 Å². The van der Waals surface area contributed by atoms with Crippen molar-refractivity contribution >= 4 is 40.2 Å². The molecule has 0 aliphatic rings. The third-order valence-corrected chi connectivity index (χ3v) is 3.57. The number of phenolic OH excluding ortho intramolecular Hbond substituents is 1. The van der Waals surface area contributed by atoms with Crippen molar-refractivity contribution in [3.05, 3.63) is 75.6 Å². The molecule has 1 amide bonds. The molecule has 0 radical (unpaired) electrons. The number of carbonyl (C=O) groups is 1. The lowest BCUT2D eigenvalue weighted by Gasteiger charge is -2.05. The summed E-state index contributed by atoms with van der Waals surface area (Å²) < 4.78 is 5.37. The molecular weight excluding hydrogens is 330 g/mol. The average Bonchev–Trinajstić information content (AvgIpc) is 2.58. The summed E-state index contributed by atoms with van der Waals surface area (Å²) in [5.41, 5.74) is 0.682. The Labute approximate surface area is 141 Å². The summed E-state index contributed by atoms with van der Waals surface area (Å²) in [5, 5.41) is 13.0. The van der Waals surface area contributed by atoms with Gasteiger partial charge < -0.3 is 14.8 Å². The van der Waals surface area contributed by atoms with Crippen molar-refractivity contribution < 1.29 is 14.3 Å². The van der Waals surface area contributed by atoms with Crippen molar-refractivity contribution in [1.29, 1.82) is 0 Å². The molecule has 3 aromatic rings. The van der Waals surface area contributed by atoms with E-state index in [4.69, 9.17) is 16.0 Å². The molecule has 0 aliphatic carbocycles. The summed E-state index contributed by atoms with van der Waals surface area (Å²) >= 11 is 5.82. The van der Waals surface area contributed by atoms with Gasteiger partial charge in [-0.05, 0) is 36.4 Å². The van der Waals surface area contributed by atoms with E-state index >= 15 is 0 Å². The maximum absolute atomic E-state index is 12.3. The van der Waals surface area contributed by atoms with E-state index in [0.717, 1.165) is 0 Å². The smallest absolute Gasteiger partial charge is 0.248 e. The minimum atomic E-state index is -0.514. The highest BCUT2D eigenvalue weighted by molar-refractivity contribution is 6.31. The van der Waals surface area contributed by atoms with Crippen molar-refractivity contribution in [3.63, 3.8) is 0 Å². The first-order chi connectivity index (χ1) is 11.5. The summed E-state index contributed by atoms with van der Waals surface area (Å²) in [6.45, 7) is 0. The molecule has 0 spiro atoms. The molecule has 0 saturated carbocycles. The van der Waals surface area contributed by atoms with Gasteiger partial charge in [-0.1, -0.05) is 23.7 Å². The lowest BCUT2D eigenvalue weighted by molar-refractivity contribution is -0.111. The number of phenols is 1. The number of aromatic hydroxyl groups is 1. The van der Waals surface area contributed by atoms with Gasteiger partial charge >= 0.3 is 0 Å². The molecule has 2 N–H and O–H groups in total. The fourth-order valence-corrected chi connectivity index (χ4v) is 2.33. The van der Waals surface area contributed by atoms with Crippen molar-refractivity contribution in [2.45, 2.75) is 0 Å². The Morgan fingerprint density at radius 2 is 2.00 bits per heavy atom. The molecule has 2 aromatic carbocycles. The number of hydrogen-bond donors (Lipinski definition) is 2. The number of para-hydroxylation sites is 1. The van der Waals surface area contributed by atoms with Crippen LogP contribution in [0.4, 0.5) is 5.69 Å². The molecule has 0 unspecified atom stereocenters. The van der Waals surface area contributed by atoms with Gasteiger partial charge in [-0.25, -0.2) is 0 Å². The van der Waals surface area contributed by atoms with E-state index in [1.54, 1.807) is 24.3 Å². The van der Waals surface area contributed by atoms with E-state index < -0.39 is 5.91 Å². The SMILES string of the molecule is O=C(/C=C/c1coc2ccccc2c1=O)Nc1cc(Cl)ccc1O. The van der Waals surface area contributed by atoms with Crippen LogP contribution in [0.1, 0.15) is 5.56 Å². The maximum atomic E-state index is 12.3. The van der Waals surface area contributed by atoms with Crippen molar-refractivity contribution in [1.82, 2.24) is 0 Å². The van der Waals surface area contributed by atoms with Gasteiger partial charge in [0.05, 0.1) is 16.6 Å². The third kappa shape index (κ3) is 3.31. The Hall–Kier alpha value is -3.05. The van der Waals surface area contributed by atoms with E-state index in [1.807, 2.05) is 0 Å². The van der Waals surface area contributed by atoms with E-state index in [2.05, 4.69) is 5.32 Å². The van der Waals surface area contributed by atoms with Crippen LogP contribution in [0.3, 0.4) is 0 Å². The number of fused-ring (bicyclic) bond motifs is 1. The van der Waals surface area contributed by atoms with Gasteiger partial charge in [-0.3, -0.25) is 9.59 Å².